The van der Waals surface area contributed by atoms with E-state index in [1.165, 1.54) is 11.1 Å². The first-order valence-electron chi connectivity index (χ1n) is 6.58. The number of fused-ring (bicyclic) bond motifs is 2. The summed E-state index contributed by atoms with van der Waals surface area (Å²) in [6.07, 6.45) is 2.99. The molecule has 0 aromatic heterocycles. The summed E-state index contributed by atoms with van der Waals surface area (Å²) in [6, 6.07) is 0. The number of ether oxygens (including phenoxy) is 2. The zero-order valence-corrected chi connectivity index (χ0v) is 10.4. The molecule has 18 heavy (non-hydrogen) atoms. The molecular formula is C14H18FNO2. The normalized spacial score (nSPS) is 16.1. The lowest BCUT2D eigenvalue weighted by molar-refractivity contribution is 0.351. The van der Waals surface area contributed by atoms with Crippen molar-refractivity contribution in [3.63, 3.8) is 0 Å². The van der Waals surface area contributed by atoms with Gasteiger partial charge in [0.1, 0.15) is 11.5 Å². The summed E-state index contributed by atoms with van der Waals surface area (Å²) in [5.74, 6) is 1.88. The van der Waals surface area contributed by atoms with E-state index in [-0.39, 0.29) is 6.67 Å². The molecule has 2 heterocycles. The van der Waals surface area contributed by atoms with E-state index in [0.29, 0.717) is 26.2 Å². The van der Waals surface area contributed by atoms with Crippen LogP contribution in [0.2, 0.25) is 0 Å². The Kier molecular flexibility index (Phi) is 3.12. The van der Waals surface area contributed by atoms with E-state index in [4.69, 9.17) is 15.2 Å². The van der Waals surface area contributed by atoms with Crippen molar-refractivity contribution >= 4 is 0 Å². The maximum Gasteiger partial charge on any atom is 0.126 e. The largest absolute Gasteiger partial charge is 0.493 e. The predicted molar refractivity (Wildman–Crippen MR) is 67.3 cm³/mol. The molecule has 0 saturated carbocycles. The zero-order chi connectivity index (χ0) is 12.5. The highest BCUT2D eigenvalue weighted by Crippen LogP contribution is 2.44. The maximum absolute atomic E-state index is 12.7. The Balaban J connectivity index is 2.18. The van der Waals surface area contributed by atoms with Crippen LogP contribution < -0.4 is 15.2 Å². The lowest BCUT2D eigenvalue weighted by Crippen LogP contribution is -2.08. The van der Waals surface area contributed by atoms with Gasteiger partial charge < -0.3 is 15.2 Å². The molecule has 0 unspecified atom stereocenters. The first-order chi connectivity index (χ1) is 8.86. The highest BCUT2D eigenvalue weighted by atomic mass is 19.1. The number of halogens is 1. The Labute approximate surface area is 106 Å². The molecule has 3 nitrogen and oxygen atoms in total. The van der Waals surface area contributed by atoms with E-state index in [2.05, 4.69) is 0 Å². The van der Waals surface area contributed by atoms with Crippen molar-refractivity contribution in [1.82, 2.24) is 0 Å². The van der Waals surface area contributed by atoms with Crippen LogP contribution in [0.3, 0.4) is 0 Å². The number of nitrogens with two attached hydrogens (primary N) is 1. The summed E-state index contributed by atoms with van der Waals surface area (Å²) in [4.78, 5) is 0. The molecule has 0 aliphatic carbocycles. The second-order valence-electron chi connectivity index (χ2n) is 4.75. The van der Waals surface area contributed by atoms with Crippen molar-refractivity contribution in [3.8, 4) is 11.5 Å². The summed E-state index contributed by atoms with van der Waals surface area (Å²) >= 11 is 0. The Bertz CT molecular complexity index is 397. The molecule has 2 aliphatic rings. The van der Waals surface area contributed by atoms with Crippen LogP contribution in [0.25, 0.3) is 0 Å². The summed E-state index contributed by atoms with van der Waals surface area (Å²) < 4.78 is 24.2. The Morgan fingerprint density at radius 1 is 0.944 bits per heavy atom. The monoisotopic (exact) mass is 251 g/mol. The van der Waals surface area contributed by atoms with Crippen LogP contribution in [0, 0.1) is 0 Å². The molecule has 0 fully saturated rings. The fourth-order valence-corrected chi connectivity index (χ4v) is 3.07. The summed E-state index contributed by atoms with van der Waals surface area (Å²) in [5.41, 5.74) is 10.3. The molecule has 3 rings (SSSR count). The van der Waals surface area contributed by atoms with Crippen LogP contribution in [0.1, 0.15) is 22.3 Å². The van der Waals surface area contributed by atoms with E-state index in [9.17, 15) is 4.39 Å². The Morgan fingerprint density at radius 3 is 2.00 bits per heavy atom. The molecule has 0 spiro atoms. The van der Waals surface area contributed by atoms with Crippen molar-refractivity contribution in [1.29, 1.82) is 0 Å². The lowest BCUT2D eigenvalue weighted by atomic mass is 9.91. The van der Waals surface area contributed by atoms with Gasteiger partial charge in [-0.3, -0.25) is 4.39 Å². The quantitative estimate of drug-likeness (QED) is 0.883. The lowest BCUT2D eigenvalue weighted by Gasteiger charge is -2.16. The number of rotatable bonds is 4. The SMILES string of the molecule is NCCc1c2c(c(CCF)c3c1OCC3)OCC2. The van der Waals surface area contributed by atoms with Gasteiger partial charge in [0.2, 0.25) is 0 Å². The third-order valence-electron chi connectivity index (χ3n) is 3.76. The zero-order valence-electron chi connectivity index (χ0n) is 10.4. The van der Waals surface area contributed by atoms with Gasteiger partial charge in [0.25, 0.3) is 0 Å². The van der Waals surface area contributed by atoms with E-state index >= 15 is 0 Å². The molecule has 98 valence electrons. The van der Waals surface area contributed by atoms with Gasteiger partial charge in [0, 0.05) is 41.5 Å². The smallest absolute Gasteiger partial charge is 0.126 e. The fourth-order valence-electron chi connectivity index (χ4n) is 3.07. The van der Waals surface area contributed by atoms with Gasteiger partial charge >= 0.3 is 0 Å². The van der Waals surface area contributed by atoms with E-state index < -0.39 is 0 Å². The summed E-state index contributed by atoms with van der Waals surface area (Å²) in [6.45, 7) is 1.63. The summed E-state index contributed by atoms with van der Waals surface area (Å²) in [7, 11) is 0. The van der Waals surface area contributed by atoms with Crippen LogP contribution in [-0.4, -0.2) is 26.4 Å². The van der Waals surface area contributed by atoms with Crippen molar-refractivity contribution in [2.75, 3.05) is 26.4 Å². The average molecular weight is 251 g/mol. The number of alkyl halides is 1. The molecule has 0 radical (unpaired) electrons. The van der Waals surface area contributed by atoms with Gasteiger partial charge in [0.05, 0.1) is 19.9 Å². The van der Waals surface area contributed by atoms with Crippen LogP contribution in [-0.2, 0) is 25.7 Å². The predicted octanol–water partition coefficient (Wildman–Crippen LogP) is 1.57. The first-order valence-corrected chi connectivity index (χ1v) is 6.58. The molecule has 1 aromatic carbocycles. The van der Waals surface area contributed by atoms with Crippen LogP contribution in [0.5, 0.6) is 11.5 Å². The Morgan fingerprint density at radius 2 is 1.50 bits per heavy atom. The maximum atomic E-state index is 12.7. The minimum Gasteiger partial charge on any atom is -0.493 e. The Hall–Kier alpha value is -1.29. The second-order valence-corrected chi connectivity index (χ2v) is 4.75. The van der Waals surface area contributed by atoms with Gasteiger partial charge in [-0.2, -0.15) is 0 Å². The van der Waals surface area contributed by atoms with Crippen LogP contribution in [0.4, 0.5) is 4.39 Å². The highest BCUT2D eigenvalue weighted by molar-refractivity contribution is 5.62. The number of hydrogen-bond donors (Lipinski definition) is 1. The topological polar surface area (TPSA) is 44.5 Å². The van der Waals surface area contributed by atoms with E-state index in [1.54, 1.807) is 0 Å². The van der Waals surface area contributed by atoms with Crippen LogP contribution in [0.15, 0.2) is 0 Å². The molecule has 2 aliphatic heterocycles. The molecule has 0 saturated heterocycles. The molecule has 0 bridgehead atoms. The third kappa shape index (κ3) is 1.67. The van der Waals surface area contributed by atoms with Gasteiger partial charge in [-0.15, -0.1) is 0 Å². The third-order valence-corrected chi connectivity index (χ3v) is 3.76. The minimum atomic E-state index is -0.349. The number of hydrogen-bond acceptors (Lipinski definition) is 3. The average Bonchev–Trinajstić information content (AvgIpc) is 3.01. The molecule has 2 N–H and O–H groups in total. The molecule has 4 heteroatoms. The van der Waals surface area contributed by atoms with E-state index in [1.807, 2.05) is 0 Å². The number of benzene rings is 1. The molecule has 0 amide bonds. The van der Waals surface area contributed by atoms with Crippen molar-refractivity contribution < 1.29 is 13.9 Å². The summed E-state index contributed by atoms with van der Waals surface area (Å²) in [5, 5.41) is 0. The highest BCUT2D eigenvalue weighted by Gasteiger charge is 2.30. The molecule has 1 aromatic rings. The molecule has 0 atom stereocenters. The molecular weight excluding hydrogens is 233 g/mol. The van der Waals surface area contributed by atoms with Crippen molar-refractivity contribution in [3.05, 3.63) is 22.3 Å². The van der Waals surface area contributed by atoms with Crippen LogP contribution >= 0.6 is 0 Å². The van der Waals surface area contributed by atoms with Gasteiger partial charge in [-0.1, -0.05) is 0 Å². The first kappa shape index (κ1) is 11.8. The standard InChI is InChI=1S/C14H18FNO2/c15-5-1-9-11-3-7-18-14(11)10(2-6-16)12-4-8-17-13(9)12/h1-8,16H2. The van der Waals surface area contributed by atoms with Gasteiger partial charge in [-0.05, 0) is 13.0 Å². The second kappa shape index (κ2) is 4.76. The fraction of sp³-hybridized carbons (Fsp3) is 0.571. The van der Waals surface area contributed by atoms with Gasteiger partial charge in [0.15, 0.2) is 0 Å². The van der Waals surface area contributed by atoms with Crippen molar-refractivity contribution in [2.24, 2.45) is 5.73 Å². The van der Waals surface area contributed by atoms with Crippen molar-refractivity contribution in [2.45, 2.75) is 25.7 Å². The minimum absolute atomic E-state index is 0.349. The van der Waals surface area contributed by atoms with Gasteiger partial charge in [-0.25, -0.2) is 0 Å². The van der Waals surface area contributed by atoms with E-state index in [0.717, 1.165) is 41.9 Å².